The van der Waals surface area contributed by atoms with Gasteiger partial charge in [0.1, 0.15) is 12.2 Å². The molecule has 0 unspecified atom stereocenters. The van der Waals surface area contributed by atoms with E-state index in [0.29, 0.717) is 55.0 Å². The molecule has 0 saturated heterocycles. The summed E-state index contributed by atoms with van der Waals surface area (Å²) >= 11 is 0. The number of amidine groups is 1. The van der Waals surface area contributed by atoms with Crippen LogP contribution in [0.3, 0.4) is 0 Å². The summed E-state index contributed by atoms with van der Waals surface area (Å²) < 4.78 is 10.6. The van der Waals surface area contributed by atoms with E-state index in [1.807, 2.05) is 13.0 Å². The van der Waals surface area contributed by atoms with Crippen molar-refractivity contribution >= 4 is 29.6 Å². The molecular weight excluding hydrogens is 402 g/mol. The molecule has 0 aliphatic rings. The molecule has 0 spiro atoms. The van der Waals surface area contributed by atoms with Crippen molar-refractivity contribution in [1.82, 2.24) is 15.3 Å². The molecule has 2 heterocycles. The number of anilines is 1. The zero-order valence-electron chi connectivity index (χ0n) is 17.9. The van der Waals surface area contributed by atoms with Crippen LogP contribution < -0.4 is 15.0 Å². The van der Waals surface area contributed by atoms with Gasteiger partial charge in [-0.3, -0.25) is 14.6 Å². The molecule has 0 aromatic carbocycles. The Kier molecular flexibility index (Phi) is 9.37. The van der Waals surface area contributed by atoms with Gasteiger partial charge < -0.3 is 24.8 Å². The Hall–Kier alpha value is -3.53. The van der Waals surface area contributed by atoms with Gasteiger partial charge in [-0.2, -0.15) is 0 Å². The molecule has 0 saturated carbocycles. The third-order valence-corrected chi connectivity index (χ3v) is 4.15. The SMILES string of the molecule is CCCOCCN(C=O)c1cc(-c2ccc(OC)nc2)ncc1/N=C(\C)NCC(=O)O. The monoisotopic (exact) mass is 429 g/mol. The highest BCUT2D eigenvalue weighted by Crippen LogP contribution is 2.31. The fourth-order valence-electron chi connectivity index (χ4n) is 2.63. The maximum Gasteiger partial charge on any atom is 0.322 e. The van der Waals surface area contributed by atoms with Crippen LogP contribution in [0.15, 0.2) is 35.6 Å². The van der Waals surface area contributed by atoms with Crippen molar-refractivity contribution in [1.29, 1.82) is 0 Å². The van der Waals surface area contributed by atoms with Crippen molar-refractivity contribution in [3.63, 3.8) is 0 Å². The average molecular weight is 429 g/mol. The predicted molar refractivity (Wildman–Crippen MR) is 117 cm³/mol. The first-order valence-corrected chi connectivity index (χ1v) is 9.79. The summed E-state index contributed by atoms with van der Waals surface area (Å²) in [5, 5.41) is 11.5. The Morgan fingerprint density at radius 1 is 1.29 bits per heavy atom. The molecule has 0 bridgehead atoms. The van der Waals surface area contributed by atoms with Crippen LogP contribution in [0.1, 0.15) is 20.3 Å². The normalized spacial score (nSPS) is 11.1. The Labute approximate surface area is 180 Å². The standard InChI is InChI=1S/C21H27N5O5/c1-4-8-31-9-7-26(14-27)19-10-17(16-5-6-20(30-3)24-11-16)23-12-18(19)25-15(2)22-13-21(28)29/h5-6,10-12,14H,4,7-9,13H2,1-3H3,(H,22,25)(H,28,29). The fourth-order valence-corrected chi connectivity index (χ4v) is 2.63. The summed E-state index contributed by atoms with van der Waals surface area (Å²) in [4.78, 5) is 37.1. The molecule has 10 nitrogen and oxygen atoms in total. The van der Waals surface area contributed by atoms with E-state index in [2.05, 4.69) is 20.3 Å². The van der Waals surface area contributed by atoms with Crippen molar-refractivity contribution in [3.8, 4) is 17.1 Å². The summed E-state index contributed by atoms with van der Waals surface area (Å²) in [5.41, 5.74) is 2.28. The van der Waals surface area contributed by atoms with Crippen LogP contribution in [0.4, 0.5) is 11.4 Å². The number of methoxy groups -OCH3 is 1. The summed E-state index contributed by atoms with van der Waals surface area (Å²) in [6.45, 7) is 4.69. The Morgan fingerprint density at radius 3 is 2.71 bits per heavy atom. The van der Waals surface area contributed by atoms with Crippen molar-refractivity contribution in [2.75, 3.05) is 38.3 Å². The zero-order chi connectivity index (χ0) is 22.6. The van der Waals surface area contributed by atoms with E-state index < -0.39 is 5.97 Å². The van der Waals surface area contributed by atoms with Crippen LogP contribution in [-0.2, 0) is 14.3 Å². The molecule has 166 valence electrons. The topological polar surface area (TPSA) is 126 Å². The van der Waals surface area contributed by atoms with E-state index >= 15 is 0 Å². The first-order chi connectivity index (χ1) is 15.0. The molecule has 0 fully saturated rings. The van der Waals surface area contributed by atoms with Crippen molar-refractivity contribution in [2.45, 2.75) is 20.3 Å². The number of hydrogen-bond donors (Lipinski definition) is 2. The number of rotatable bonds is 12. The van der Waals surface area contributed by atoms with Gasteiger partial charge in [0.05, 0.1) is 37.1 Å². The molecule has 2 aromatic heterocycles. The Balaban J connectivity index is 2.39. The highest BCUT2D eigenvalue weighted by molar-refractivity contribution is 5.90. The first kappa shape index (κ1) is 23.7. The molecule has 10 heteroatoms. The van der Waals surface area contributed by atoms with Crippen LogP contribution >= 0.6 is 0 Å². The van der Waals surface area contributed by atoms with Crippen LogP contribution in [0, 0.1) is 0 Å². The number of hydrogen-bond acceptors (Lipinski definition) is 7. The summed E-state index contributed by atoms with van der Waals surface area (Å²) in [6, 6.07) is 5.27. The number of carbonyl (C=O) groups excluding carboxylic acids is 1. The number of amides is 1. The molecule has 31 heavy (non-hydrogen) atoms. The minimum atomic E-state index is -1.00. The molecule has 0 radical (unpaired) electrons. The van der Waals surface area contributed by atoms with E-state index in [0.717, 1.165) is 12.0 Å². The molecule has 2 rings (SSSR count). The second-order valence-electron chi connectivity index (χ2n) is 6.50. The third kappa shape index (κ3) is 7.34. The van der Waals surface area contributed by atoms with E-state index in [4.69, 9.17) is 14.6 Å². The minimum Gasteiger partial charge on any atom is -0.481 e. The van der Waals surface area contributed by atoms with Gasteiger partial charge in [0.25, 0.3) is 0 Å². The number of carboxylic acid groups (broad SMARTS) is 1. The number of ether oxygens (including phenoxy) is 2. The van der Waals surface area contributed by atoms with Gasteiger partial charge in [0.2, 0.25) is 12.3 Å². The van der Waals surface area contributed by atoms with E-state index in [1.54, 1.807) is 25.3 Å². The maximum absolute atomic E-state index is 11.8. The molecule has 0 aliphatic carbocycles. The van der Waals surface area contributed by atoms with Crippen molar-refractivity contribution in [3.05, 3.63) is 30.6 Å². The maximum atomic E-state index is 11.8. The number of aromatic nitrogens is 2. The van der Waals surface area contributed by atoms with Crippen LogP contribution in [0.5, 0.6) is 5.88 Å². The van der Waals surface area contributed by atoms with E-state index in [-0.39, 0.29) is 6.54 Å². The van der Waals surface area contributed by atoms with Gasteiger partial charge in [-0.15, -0.1) is 0 Å². The quantitative estimate of drug-likeness (QED) is 0.228. The number of carboxylic acids is 1. The van der Waals surface area contributed by atoms with Gasteiger partial charge in [-0.25, -0.2) is 9.98 Å². The molecule has 0 aliphatic heterocycles. The minimum absolute atomic E-state index is 0.268. The summed E-state index contributed by atoms with van der Waals surface area (Å²) in [5.74, 6) is -0.136. The second-order valence-corrected chi connectivity index (χ2v) is 6.50. The van der Waals surface area contributed by atoms with E-state index in [9.17, 15) is 9.59 Å². The number of nitrogens with zero attached hydrogens (tertiary/aromatic N) is 4. The van der Waals surface area contributed by atoms with Gasteiger partial charge >= 0.3 is 5.97 Å². The fraction of sp³-hybridized carbons (Fsp3) is 0.381. The second kappa shape index (κ2) is 12.2. The number of nitrogens with one attached hydrogen (secondary N) is 1. The van der Waals surface area contributed by atoms with E-state index in [1.165, 1.54) is 18.2 Å². The summed E-state index contributed by atoms with van der Waals surface area (Å²) in [6.07, 6.45) is 4.75. The van der Waals surface area contributed by atoms with Gasteiger partial charge in [-0.1, -0.05) is 6.92 Å². The molecule has 2 aromatic rings. The molecule has 0 atom stereocenters. The predicted octanol–water partition coefficient (Wildman–Crippen LogP) is 2.27. The third-order valence-electron chi connectivity index (χ3n) is 4.15. The van der Waals surface area contributed by atoms with Crippen LogP contribution in [0.2, 0.25) is 0 Å². The number of pyridine rings is 2. The lowest BCUT2D eigenvalue weighted by atomic mass is 10.1. The van der Waals surface area contributed by atoms with Gasteiger partial charge in [0.15, 0.2) is 0 Å². The van der Waals surface area contributed by atoms with Crippen molar-refractivity contribution < 1.29 is 24.2 Å². The number of aliphatic carboxylic acids is 1. The van der Waals surface area contributed by atoms with Crippen LogP contribution in [-0.4, -0.2) is 66.7 Å². The lowest BCUT2D eigenvalue weighted by Gasteiger charge is -2.20. The van der Waals surface area contributed by atoms with Crippen molar-refractivity contribution in [2.24, 2.45) is 4.99 Å². The smallest absolute Gasteiger partial charge is 0.322 e. The first-order valence-electron chi connectivity index (χ1n) is 9.79. The lowest BCUT2D eigenvalue weighted by molar-refractivity contribution is -0.135. The largest absolute Gasteiger partial charge is 0.481 e. The Bertz CT molecular complexity index is 902. The average Bonchev–Trinajstić information content (AvgIpc) is 2.78. The molecule has 2 N–H and O–H groups in total. The van der Waals surface area contributed by atoms with Gasteiger partial charge in [0, 0.05) is 31.0 Å². The molecule has 1 amide bonds. The highest BCUT2D eigenvalue weighted by Gasteiger charge is 2.14. The summed E-state index contributed by atoms with van der Waals surface area (Å²) in [7, 11) is 1.54. The lowest BCUT2D eigenvalue weighted by Crippen LogP contribution is -2.28. The zero-order valence-corrected chi connectivity index (χ0v) is 17.9. The Morgan fingerprint density at radius 2 is 2.10 bits per heavy atom. The number of aliphatic imine (C=N–C) groups is 1. The van der Waals surface area contributed by atoms with Gasteiger partial charge in [-0.05, 0) is 25.5 Å². The number of carbonyl (C=O) groups is 2. The highest BCUT2D eigenvalue weighted by atomic mass is 16.5. The molecular formula is C21H27N5O5. The van der Waals surface area contributed by atoms with Crippen LogP contribution in [0.25, 0.3) is 11.3 Å².